The molecule has 0 heterocycles. The van der Waals surface area contributed by atoms with Gasteiger partial charge >= 0.3 is 5.97 Å². The van der Waals surface area contributed by atoms with Crippen LogP contribution in [0, 0.1) is 0 Å². The van der Waals surface area contributed by atoms with Gasteiger partial charge in [-0.2, -0.15) is 0 Å². The highest BCUT2D eigenvalue weighted by molar-refractivity contribution is 7.90. The summed E-state index contributed by atoms with van der Waals surface area (Å²) in [5.41, 5.74) is 1.35. The van der Waals surface area contributed by atoms with Gasteiger partial charge in [-0.05, 0) is 41.0 Å². The molecule has 2 aromatic rings. The zero-order valence-corrected chi connectivity index (χ0v) is 16.3. The van der Waals surface area contributed by atoms with Crippen molar-refractivity contribution in [3.8, 4) is 5.75 Å². The van der Waals surface area contributed by atoms with Gasteiger partial charge in [0.2, 0.25) is 0 Å². The van der Waals surface area contributed by atoms with E-state index < -0.39 is 15.8 Å². The van der Waals surface area contributed by atoms with Crippen LogP contribution >= 0.6 is 11.6 Å². The molecule has 0 aliphatic rings. The molecule has 0 spiro atoms. The summed E-state index contributed by atoms with van der Waals surface area (Å²) in [5, 5.41) is 19.2. The minimum atomic E-state index is -3.38. The van der Waals surface area contributed by atoms with Gasteiger partial charge in [0.05, 0.1) is 17.0 Å². The van der Waals surface area contributed by atoms with E-state index in [2.05, 4.69) is 0 Å². The summed E-state index contributed by atoms with van der Waals surface area (Å²) in [7, 11) is -1.91. The lowest BCUT2D eigenvalue weighted by Crippen LogP contribution is -2.08. The van der Waals surface area contributed by atoms with Crippen molar-refractivity contribution in [3.05, 3.63) is 64.2 Å². The van der Waals surface area contributed by atoms with Crippen LogP contribution in [0.5, 0.6) is 5.75 Å². The Kier molecular flexibility index (Phi) is 6.64. The zero-order chi connectivity index (χ0) is 20.2. The number of carboxylic acid groups (broad SMARTS) is 1. The number of carbonyl (C=O) groups is 1. The lowest BCUT2D eigenvalue weighted by Gasteiger charge is -2.15. The van der Waals surface area contributed by atoms with Gasteiger partial charge in [-0.15, -0.1) is 0 Å². The largest absolute Gasteiger partial charge is 0.495 e. The first-order chi connectivity index (χ1) is 12.7. The molecular formula is C19H19ClO6S. The molecule has 0 aromatic heterocycles. The van der Waals surface area contributed by atoms with Gasteiger partial charge in [-0.1, -0.05) is 29.8 Å². The molecule has 0 fully saturated rings. The molecule has 27 heavy (non-hydrogen) atoms. The second-order valence-electron chi connectivity index (χ2n) is 5.78. The van der Waals surface area contributed by atoms with Gasteiger partial charge in [0.25, 0.3) is 0 Å². The van der Waals surface area contributed by atoms with E-state index in [1.807, 2.05) is 0 Å². The Morgan fingerprint density at radius 1 is 1.11 bits per heavy atom. The maximum atomic E-state index is 11.8. The topological polar surface area (TPSA) is 101 Å². The summed E-state index contributed by atoms with van der Waals surface area (Å²) in [5.74, 6) is -0.746. The Bertz CT molecular complexity index is 978. The van der Waals surface area contributed by atoms with Crippen molar-refractivity contribution in [1.82, 2.24) is 0 Å². The first-order valence-corrected chi connectivity index (χ1v) is 10.2. The van der Waals surface area contributed by atoms with Crippen LogP contribution in [0.1, 0.15) is 17.5 Å². The van der Waals surface area contributed by atoms with Crippen LogP contribution in [0.25, 0.3) is 5.57 Å². The lowest BCUT2D eigenvalue weighted by molar-refractivity contribution is -0.132. The van der Waals surface area contributed by atoms with Crippen molar-refractivity contribution < 1.29 is 28.2 Å². The highest BCUT2D eigenvalue weighted by atomic mass is 35.5. The molecule has 0 aliphatic carbocycles. The third-order valence-electron chi connectivity index (χ3n) is 3.93. The van der Waals surface area contributed by atoms with E-state index in [4.69, 9.17) is 16.3 Å². The lowest BCUT2D eigenvalue weighted by atomic mass is 9.91. The Morgan fingerprint density at radius 3 is 2.15 bits per heavy atom. The Balaban J connectivity index is 2.72. The van der Waals surface area contributed by atoms with E-state index in [1.165, 1.54) is 31.4 Å². The fraction of sp³-hybridized carbons (Fsp3) is 0.211. The summed E-state index contributed by atoms with van der Waals surface area (Å²) < 4.78 is 28.5. The monoisotopic (exact) mass is 410 g/mol. The number of aliphatic hydroxyl groups is 1. The SMILES string of the molecule is COc1ccc(/C(=C(\CCO)C(=O)O)c2ccc(S(C)(=O)=O)cc2)cc1Cl. The smallest absolute Gasteiger partial charge is 0.332 e. The molecule has 6 nitrogen and oxygen atoms in total. The van der Waals surface area contributed by atoms with Crippen LogP contribution in [-0.2, 0) is 14.6 Å². The standard InChI is InChI=1S/C19H19ClO6S/c1-26-17-8-5-13(11-16(17)20)18(15(9-10-21)19(22)23)12-3-6-14(7-4-12)27(2,24)25/h3-8,11,21H,9-10H2,1-2H3,(H,22,23)/b18-15+. The van der Waals surface area contributed by atoms with Gasteiger partial charge in [0.1, 0.15) is 5.75 Å². The van der Waals surface area contributed by atoms with Gasteiger partial charge in [-0.3, -0.25) is 0 Å². The second kappa shape index (κ2) is 8.56. The van der Waals surface area contributed by atoms with Crippen LogP contribution in [0.3, 0.4) is 0 Å². The average Bonchev–Trinajstić information content (AvgIpc) is 2.61. The summed E-state index contributed by atoms with van der Waals surface area (Å²) in [4.78, 5) is 11.9. The van der Waals surface area contributed by atoms with Crippen molar-refractivity contribution in [1.29, 1.82) is 0 Å². The first-order valence-electron chi connectivity index (χ1n) is 7.90. The quantitative estimate of drug-likeness (QED) is 0.680. The summed E-state index contributed by atoms with van der Waals surface area (Å²) in [6.45, 7) is -0.351. The molecule has 2 aromatic carbocycles. The molecule has 2 rings (SSSR count). The van der Waals surface area contributed by atoms with E-state index in [0.717, 1.165) is 6.26 Å². The molecular weight excluding hydrogens is 392 g/mol. The molecule has 2 N–H and O–H groups in total. The third-order valence-corrected chi connectivity index (χ3v) is 5.36. The maximum absolute atomic E-state index is 11.8. The molecule has 0 saturated carbocycles. The van der Waals surface area contributed by atoms with Crippen LogP contribution < -0.4 is 4.74 Å². The van der Waals surface area contributed by atoms with Crippen LogP contribution in [0.4, 0.5) is 0 Å². The molecule has 8 heteroatoms. The van der Waals surface area contributed by atoms with E-state index in [-0.39, 0.29) is 23.5 Å². The molecule has 0 aliphatic heterocycles. The predicted octanol–water partition coefficient (Wildman–Crippen LogP) is 3.02. The number of rotatable bonds is 7. The maximum Gasteiger partial charge on any atom is 0.332 e. The van der Waals surface area contributed by atoms with Crippen molar-refractivity contribution in [2.24, 2.45) is 0 Å². The molecule has 144 valence electrons. The first kappa shape index (κ1) is 21.0. The van der Waals surface area contributed by atoms with Gasteiger partial charge < -0.3 is 14.9 Å². The minimum Gasteiger partial charge on any atom is -0.495 e. The predicted molar refractivity (Wildman–Crippen MR) is 103 cm³/mol. The van der Waals surface area contributed by atoms with Crippen molar-refractivity contribution in [2.45, 2.75) is 11.3 Å². The molecule has 0 unspecified atom stereocenters. The molecule has 0 amide bonds. The van der Waals surface area contributed by atoms with E-state index in [9.17, 15) is 23.4 Å². The van der Waals surface area contributed by atoms with E-state index in [1.54, 1.807) is 18.2 Å². The van der Waals surface area contributed by atoms with Crippen molar-refractivity contribution >= 4 is 33.0 Å². The number of aliphatic carboxylic acids is 1. The number of hydrogen-bond acceptors (Lipinski definition) is 5. The molecule has 0 radical (unpaired) electrons. The number of halogens is 1. The molecule has 0 bridgehead atoms. The number of methoxy groups -OCH3 is 1. The van der Waals surface area contributed by atoms with Crippen LogP contribution in [-0.4, -0.2) is 44.6 Å². The highest BCUT2D eigenvalue weighted by Gasteiger charge is 2.19. The number of ether oxygens (including phenoxy) is 1. The summed E-state index contributed by atoms with van der Waals surface area (Å²) in [6.07, 6.45) is 1.01. The third kappa shape index (κ3) is 4.88. The second-order valence-corrected chi connectivity index (χ2v) is 8.20. The van der Waals surface area contributed by atoms with Crippen LogP contribution in [0.15, 0.2) is 52.9 Å². The average molecular weight is 411 g/mol. The van der Waals surface area contributed by atoms with Gasteiger partial charge in [0.15, 0.2) is 9.84 Å². The number of sulfone groups is 1. The Hall–Kier alpha value is -2.35. The van der Waals surface area contributed by atoms with Crippen molar-refractivity contribution in [3.63, 3.8) is 0 Å². The molecule has 0 atom stereocenters. The van der Waals surface area contributed by atoms with Crippen LogP contribution in [0.2, 0.25) is 5.02 Å². The number of aliphatic hydroxyl groups excluding tert-OH is 1. The number of hydrogen-bond donors (Lipinski definition) is 2. The Morgan fingerprint density at radius 2 is 1.70 bits per heavy atom. The fourth-order valence-electron chi connectivity index (χ4n) is 2.66. The van der Waals surface area contributed by atoms with Gasteiger partial charge in [0, 0.05) is 24.9 Å². The molecule has 0 saturated heterocycles. The summed E-state index contributed by atoms with van der Waals surface area (Å²) in [6, 6.07) is 10.7. The Labute approximate surface area is 162 Å². The minimum absolute atomic E-state index is 0.00848. The number of benzene rings is 2. The number of carboxylic acids is 1. The van der Waals surface area contributed by atoms with Crippen molar-refractivity contribution in [2.75, 3.05) is 20.0 Å². The zero-order valence-electron chi connectivity index (χ0n) is 14.8. The highest BCUT2D eigenvalue weighted by Crippen LogP contribution is 2.34. The van der Waals surface area contributed by atoms with E-state index in [0.29, 0.717) is 27.5 Å². The summed E-state index contributed by atoms with van der Waals surface area (Å²) >= 11 is 6.18. The van der Waals surface area contributed by atoms with E-state index >= 15 is 0 Å². The normalized spacial score (nSPS) is 12.4. The van der Waals surface area contributed by atoms with Gasteiger partial charge in [-0.25, -0.2) is 13.2 Å². The fourth-order valence-corrected chi connectivity index (χ4v) is 3.54.